The maximum absolute atomic E-state index is 9.27. The van der Waals surface area contributed by atoms with Crippen LogP contribution < -0.4 is 0 Å². The summed E-state index contributed by atoms with van der Waals surface area (Å²) in [5.74, 6) is 0. The van der Waals surface area contributed by atoms with Gasteiger partial charge < -0.3 is 5.11 Å². The normalized spacial score (nSPS) is 10.1. The van der Waals surface area contributed by atoms with Crippen LogP contribution in [0.1, 0.15) is 5.56 Å². The number of hydrogen-bond acceptors (Lipinski definition) is 4. The second-order valence-electron chi connectivity index (χ2n) is 1.95. The van der Waals surface area contributed by atoms with Crippen LogP contribution in [-0.4, -0.2) is 5.11 Å². The molecule has 1 N–H and O–H groups in total. The fraction of sp³-hybridized carbons (Fsp3) is 0.143. The molecule has 4 heteroatoms. The number of nitrogens with zero attached hydrogens (tertiary/aromatic N) is 2. The molecular weight excluding hydrogens is 160 g/mol. The summed E-state index contributed by atoms with van der Waals surface area (Å²) in [5.41, 5.74) is -1.63. The van der Waals surface area contributed by atoms with Crippen molar-refractivity contribution in [2.45, 2.75) is 5.60 Å². The first-order valence-electron chi connectivity index (χ1n) is 2.80. The molecule has 0 radical (unpaired) electrons. The Hall–Kier alpha value is -1.36. The molecule has 0 spiro atoms. The Morgan fingerprint density at radius 1 is 1.45 bits per heavy atom. The van der Waals surface area contributed by atoms with Crippen LogP contribution in [0.2, 0.25) is 0 Å². The Morgan fingerprint density at radius 2 is 2.09 bits per heavy atom. The Labute approximate surface area is 67.7 Å². The van der Waals surface area contributed by atoms with Gasteiger partial charge in [0.1, 0.15) is 12.1 Å². The summed E-state index contributed by atoms with van der Waals surface area (Å²) in [6.07, 6.45) is 0. The Balaban J connectivity index is 3.12. The highest BCUT2D eigenvalue weighted by atomic mass is 32.1. The van der Waals surface area contributed by atoms with Crippen LogP contribution in [0.3, 0.4) is 0 Å². The van der Waals surface area contributed by atoms with E-state index in [0.29, 0.717) is 5.56 Å². The quantitative estimate of drug-likeness (QED) is 0.629. The molecule has 0 aliphatic rings. The smallest absolute Gasteiger partial charge is 0.265 e. The van der Waals surface area contributed by atoms with Crippen molar-refractivity contribution in [3.63, 3.8) is 0 Å². The third-order valence-corrected chi connectivity index (χ3v) is 1.95. The summed E-state index contributed by atoms with van der Waals surface area (Å²) in [5, 5.41) is 29.4. The summed E-state index contributed by atoms with van der Waals surface area (Å²) >= 11 is 1.33. The first kappa shape index (κ1) is 7.74. The molecular formula is C7H4N2OS. The topological polar surface area (TPSA) is 67.8 Å². The molecule has 0 aliphatic heterocycles. The average molecular weight is 164 g/mol. The minimum Gasteiger partial charge on any atom is -0.360 e. The van der Waals surface area contributed by atoms with E-state index in [-0.39, 0.29) is 0 Å². The minimum absolute atomic E-state index is 0.340. The van der Waals surface area contributed by atoms with Crippen molar-refractivity contribution in [2.24, 2.45) is 0 Å². The van der Waals surface area contributed by atoms with Crippen LogP contribution in [0.15, 0.2) is 16.8 Å². The van der Waals surface area contributed by atoms with Crippen molar-refractivity contribution < 1.29 is 5.11 Å². The van der Waals surface area contributed by atoms with Crippen LogP contribution in [0.4, 0.5) is 0 Å². The lowest BCUT2D eigenvalue weighted by Gasteiger charge is -2.06. The predicted octanol–water partition coefficient (Wildman–Crippen LogP) is 0.983. The molecule has 1 rings (SSSR count). The van der Waals surface area contributed by atoms with E-state index < -0.39 is 5.60 Å². The SMILES string of the molecule is N#CC(O)(C#N)c1ccsc1. The highest BCUT2D eigenvalue weighted by Gasteiger charge is 2.28. The maximum atomic E-state index is 9.27. The van der Waals surface area contributed by atoms with Gasteiger partial charge in [0.05, 0.1) is 0 Å². The fourth-order valence-electron chi connectivity index (χ4n) is 0.624. The van der Waals surface area contributed by atoms with Gasteiger partial charge in [-0.25, -0.2) is 0 Å². The second kappa shape index (κ2) is 2.71. The molecule has 0 bridgehead atoms. The molecule has 1 heterocycles. The lowest BCUT2D eigenvalue weighted by atomic mass is 10.0. The van der Waals surface area contributed by atoms with E-state index in [2.05, 4.69) is 0 Å². The van der Waals surface area contributed by atoms with Gasteiger partial charge in [0.25, 0.3) is 5.60 Å². The van der Waals surface area contributed by atoms with Gasteiger partial charge in [-0.3, -0.25) is 0 Å². The molecule has 0 aliphatic carbocycles. The monoisotopic (exact) mass is 164 g/mol. The lowest BCUT2D eigenvalue weighted by molar-refractivity contribution is 0.160. The summed E-state index contributed by atoms with van der Waals surface area (Å²) < 4.78 is 0. The van der Waals surface area contributed by atoms with Crippen molar-refractivity contribution in [3.8, 4) is 12.1 Å². The number of aliphatic hydroxyl groups is 1. The number of hydrogen-bond donors (Lipinski definition) is 1. The van der Waals surface area contributed by atoms with E-state index in [1.54, 1.807) is 16.8 Å². The first-order valence-corrected chi connectivity index (χ1v) is 3.75. The third kappa shape index (κ3) is 1.22. The molecule has 3 nitrogen and oxygen atoms in total. The van der Waals surface area contributed by atoms with Gasteiger partial charge in [0.15, 0.2) is 0 Å². The summed E-state index contributed by atoms with van der Waals surface area (Å²) in [6.45, 7) is 0. The standard InChI is InChI=1S/C7H4N2OS/c8-4-7(10,5-9)6-1-2-11-3-6/h1-3,10H. The van der Waals surface area contributed by atoms with E-state index >= 15 is 0 Å². The van der Waals surface area contributed by atoms with Crippen molar-refractivity contribution in [3.05, 3.63) is 22.4 Å². The molecule has 0 amide bonds. The van der Waals surface area contributed by atoms with Crippen LogP contribution >= 0.6 is 11.3 Å². The molecule has 0 saturated carbocycles. The fourth-order valence-corrected chi connectivity index (χ4v) is 1.32. The first-order chi connectivity index (χ1) is 5.23. The van der Waals surface area contributed by atoms with Crippen LogP contribution in [-0.2, 0) is 5.60 Å². The Kier molecular flexibility index (Phi) is 1.91. The van der Waals surface area contributed by atoms with Crippen molar-refractivity contribution in [1.29, 1.82) is 10.5 Å². The highest BCUT2D eigenvalue weighted by molar-refractivity contribution is 7.08. The molecule has 11 heavy (non-hydrogen) atoms. The van der Waals surface area contributed by atoms with Crippen LogP contribution in [0.25, 0.3) is 0 Å². The van der Waals surface area contributed by atoms with Gasteiger partial charge in [-0.15, -0.1) is 0 Å². The summed E-state index contributed by atoms with van der Waals surface area (Å²) in [6, 6.07) is 4.62. The van der Waals surface area contributed by atoms with E-state index in [4.69, 9.17) is 10.5 Å². The highest BCUT2D eigenvalue weighted by Crippen LogP contribution is 2.21. The lowest BCUT2D eigenvalue weighted by Crippen LogP contribution is -2.19. The second-order valence-corrected chi connectivity index (χ2v) is 2.73. The molecule has 0 saturated heterocycles. The minimum atomic E-state index is -1.97. The molecule has 0 atom stereocenters. The molecule has 0 fully saturated rings. The molecule has 0 aromatic carbocycles. The number of thiophene rings is 1. The zero-order valence-corrected chi connectivity index (χ0v) is 6.30. The molecule has 54 valence electrons. The Morgan fingerprint density at radius 3 is 2.45 bits per heavy atom. The third-order valence-electron chi connectivity index (χ3n) is 1.26. The van der Waals surface area contributed by atoms with Gasteiger partial charge in [-0.05, 0) is 16.8 Å². The zero-order chi connectivity index (χ0) is 8.32. The molecule has 1 aromatic heterocycles. The van der Waals surface area contributed by atoms with E-state index in [1.165, 1.54) is 23.5 Å². The summed E-state index contributed by atoms with van der Waals surface area (Å²) in [7, 11) is 0. The molecule has 1 aromatic rings. The van der Waals surface area contributed by atoms with Crippen molar-refractivity contribution in [1.82, 2.24) is 0 Å². The van der Waals surface area contributed by atoms with Gasteiger partial charge in [0.2, 0.25) is 0 Å². The average Bonchev–Trinajstić information content (AvgIpc) is 2.55. The zero-order valence-electron chi connectivity index (χ0n) is 5.48. The van der Waals surface area contributed by atoms with Crippen LogP contribution in [0, 0.1) is 22.7 Å². The Bertz CT molecular complexity index is 303. The largest absolute Gasteiger partial charge is 0.360 e. The predicted molar refractivity (Wildman–Crippen MR) is 39.4 cm³/mol. The van der Waals surface area contributed by atoms with Crippen molar-refractivity contribution in [2.75, 3.05) is 0 Å². The molecule has 0 unspecified atom stereocenters. The summed E-state index contributed by atoms with van der Waals surface area (Å²) in [4.78, 5) is 0. The maximum Gasteiger partial charge on any atom is 0.265 e. The van der Waals surface area contributed by atoms with Crippen LogP contribution in [0.5, 0.6) is 0 Å². The number of rotatable bonds is 1. The van der Waals surface area contributed by atoms with Crippen molar-refractivity contribution >= 4 is 11.3 Å². The van der Waals surface area contributed by atoms with E-state index in [1.807, 2.05) is 0 Å². The van der Waals surface area contributed by atoms with Gasteiger partial charge in [-0.2, -0.15) is 21.9 Å². The number of nitriles is 2. The van der Waals surface area contributed by atoms with Gasteiger partial charge in [-0.1, -0.05) is 0 Å². The van der Waals surface area contributed by atoms with E-state index in [9.17, 15) is 5.11 Å². The van der Waals surface area contributed by atoms with Gasteiger partial charge >= 0.3 is 0 Å². The van der Waals surface area contributed by atoms with E-state index in [0.717, 1.165) is 0 Å². The van der Waals surface area contributed by atoms with Gasteiger partial charge in [0, 0.05) is 5.56 Å².